The van der Waals surface area contributed by atoms with Gasteiger partial charge >= 0.3 is 0 Å². The molecule has 12 heteroatoms. The largest absolute Gasteiger partial charge is 0.548 e. The Hall–Kier alpha value is -1.99. The highest BCUT2D eigenvalue weighted by molar-refractivity contribution is 7.95. The maximum atomic E-state index is 11.3. The van der Waals surface area contributed by atoms with Gasteiger partial charge in [0.2, 0.25) is 0 Å². The van der Waals surface area contributed by atoms with Crippen molar-refractivity contribution < 1.29 is 24.9 Å². The van der Waals surface area contributed by atoms with Crippen molar-refractivity contribution in [1.29, 1.82) is 0 Å². The molecule has 5 N–H and O–H groups in total. The van der Waals surface area contributed by atoms with Gasteiger partial charge in [-0.1, -0.05) is 0 Å². The number of imidazole rings is 1. The van der Waals surface area contributed by atoms with Gasteiger partial charge in [-0.2, -0.15) is 0 Å². The fourth-order valence-corrected chi connectivity index (χ4v) is 3.81. The van der Waals surface area contributed by atoms with Crippen LogP contribution in [0.25, 0.3) is 11.2 Å². The topological polar surface area (TPSA) is 171 Å². The minimum Gasteiger partial charge on any atom is -0.548 e. The smallest absolute Gasteiger partial charge is 0.167 e. The zero-order valence-corrected chi connectivity index (χ0v) is 16.4. The van der Waals surface area contributed by atoms with Crippen LogP contribution in [0.15, 0.2) is 12.7 Å². The number of nitrogens with zero attached hydrogens (tertiary/aromatic N) is 4. The third-order valence-corrected chi connectivity index (χ3v) is 5.72. The molecular formula is C16H24N6O5S. The highest BCUT2D eigenvalue weighted by atomic mass is 32.2. The number of aliphatic hydroxyl groups is 2. The van der Waals surface area contributed by atoms with Gasteiger partial charge in [-0.15, -0.1) is 0 Å². The molecule has 3 rings (SSSR count). The Labute approximate surface area is 164 Å². The second-order valence-corrected chi connectivity index (χ2v) is 9.27. The van der Waals surface area contributed by atoms with Crippen LogP contribution in [0, 0.1) is 0 Å². The van der Waals surface area contributed by atoms with E-state index in [1.165, 1.54) is 17.2 Å². The van der Waals surface area contributed by atoms with Crippen LogP contribution >= 0.6 is 0 Å². The highest BCUT2D eigenvalue weighted by Gasteiger charge is 2.44. The average molecular weight is 412 g/mol. The summed E-state index contributed by atoms with van der Waals surface area (Å²) in [7, 11) is 0.103. The van der Waals surface area contributed by atoms with Crippen molar-refractivity contribution in [3.63, 3.8) is 0 Å². The van der Waals surface area contributed by atoms with Crippen LogP contribution in [0.3, 0.4) is 0 Å². The van der Waals surface area contributed by atoms with E-state index in [2.05, 4.69) is 20.3 Å². The third-order valence-electron chi connectivity index (χ3n) is 4.66. The summed E-state index contributed by atoms with van der Waals surface area (Å²) in [5.41, 5.74) is 6.49. The van der Waals surface area contributed by atoms with E-state index < -0.39 is 36.6 Å². The second-order valence-electron chi connectivity index (χ2n) is 6.89. The number of carboxylic acid groups (broad SMARTS) is 1. The molecule has 0 unspecified atom stereocenters. The van der Waals surface area contributed by atoms with Crippen LogP contribution in [0.5, 0.6) is 0 Å². The molecule has 0 aliphatic carbocycles. The lowest BCUT2D eigenvalue weighted by molar-refractivity contribution is -0.308. The number of fused-ring (bicyclic) bond motifs is 1. The van der Waals surface area contributed by atoms with Crippen LogP contribution in [0.2, 0.25) is 0 Å². The van der Waals surface area contributed by atoms with Crippen molar-refractivity contribution in [2.24, 2.45) is 0 Å². The predicted molar refractivity (Wildman–Crippen MR) is 101 cm³/mol. The molecule has 5 atom stereocenters. The number of nitrogens with one attached hydrogen (secondary N) is 1. The molecule has 2 aromatic heterocycles. The molecule has 1 saturated heterocycles. The van der Waals surface area contributed by atoms with E-state index >= 15 is 0 Å². The molecule has 0 aromatic carbocycles. The van der Waals surface area contributed by atoms with Gasteiger partial charge in [-0.25, -0.2) is 15.0 Å². The van der Waals surface area contributed by atoms with Gasteiger partial charge < -0.3 is 35.9 Å². The Balaban J connectivity index is 1.69. The van der Waals surface area contributed by atoms with E-state index in [1.54, 1.807) is 0 Å². The van der Waals surface area contributed by atoms with E-state index in [0.29, 0.717) is 17.6 Å². The average Bonchev–Trinajstić information content (AvgIpc) is 3.18. The van der Waals surface area contributed by atoms with Crippen molar-refractivity contribution in [3.8, 4) is 0 Å². The van der Waals surface area contributed by atoms with Crippen LogP contribution in [-0.2, 0) is 20.4 Å². The number of nitrogen functional groups attached to an aromatic ring is 1. The van der Waals surface area contributed by atoms with E-state index in [-0.39, 0.29) is 23.3 Å². The normalized spacial score (nSPS) is 26.2. The Morgan fingerprint density at radius 1 is 1.39 bits per heavy atom. The number of anilines is 1. The molecule has 1 aliphatic rings. The summed E-state index contributed by atoms with van der Waals surface area (Å²) in [5, 5.41) is 35.0. The fourth-order valence-electron chi connectivity index (χ4n) is 3.10. The van der Waals surface area contributed by atoms with Gasteiger partial charge in [0.15, 0.2) is 17.7 Å². The zero-order chi connectivity index (χ0) is 20.4. The Bertz CT molecular complexity index is 833. The number of nitrogens with two attached hydrogens (primary N) is 1. The van der Waals surface area contributed by atoms with Crippen molar-refractivity contribution in [1.82, 2.24) is 24.8 Å². The summed E-state index contributed by atoms with van der Waals surface area (Å²) in [6, 6.07) is -0.858. The quantitative estimate of drug-likeness (QED) is 0.328. The van der Waals surface area contributed by atoms with Gasteiger partial charge in [0.25, 0.3) is 0 Å². The first-order valence-electron chi connectivity index (χ1n) is 8.72. The number of hydrogen-bond acceptors (Lipinski definition) is 10. The summed E-state index contributed by atoms with van der Waals surface area (Å²) < 4.78 is 7.25. The number of carboxylic acids is 1. The molecule has 0 saturated carbocycles. The number of carbonyl (C=O) groups excluding carboxylic acids is 1. The van der Waals surface area contributed by atoms with E-state index in [1.807, 2.05) is 12.5 Å². The monoisotopic (exact) mass is 412 g/mol. The predicted octanol–water partition coefficient (Wildman–Crippen LogP) is -3.00. The summed E-state index contributed by atoms with van der Waals surface area (Å²) in [6.45, 7) is 0.0400. The fraction of sp³-hybridized carbons (Fsp3) is 0.625. The number of rotatable bonds is 8. The lowest BCUT2D eigenvalue weighted by Crippen LogP contribution is -2.50. The summed E-state index contributed by atoms with van der Waals surface area (Å²) >= 11 is 0. The van der Waals surface area contributed by atoms with Crippen LogP contribution in [0.1, 0.15) is 12.6 Å². The third kappa shape index (κ3) is 4.20. The van der Waals surface area contributed by atoms with Gasteiger partial charge in [-0.3, -0.25) is 4.57 Å². The molecule has 0 spiro atoms. The molecule has 3 heterocycles. The van der Waals surface area contributed by atoms with Crippen LogP contribution in [0.4, 0.5) is 5.82 Å². The molecule has 0 bridgehead atoms. The maximum absolute atomic E-state index is 11.3. The number of aliphatic carboxylic acids is 1. The van der Waals surface area contributed by atoms with E-state index in [9.17, 15) is 20.1 Å². The molecule has 0 radical (unpaired) electrons. The molecule has 1 fully saturated rings. The summed E-state index contributed by atoms with van der Waals surface area (Å²) in [5.74, 6) is -0.270. The van der Waals surface area contributed by atoms with Gasteiger partial charge in [-0.05, 0) is 10.9 Å². The first-order valence-corrected chi connectivity index (χ1v) is 10.9. The number of carbonyl (C=O) groups is 1. The number of ether oxygens (including phenoxy) is 1. The van der Waals surface area contributed by atoms with Gasteiger partial charge in [0.1, 0.15) is 35.9 Å². The minimum atomic E-state index is -1.25. The molecular weight excluding hydrogens is 388 g/mol. The number of aliphatic hydroxyl groups excluding tert-OH is 2. The molecule has 2 aromatic rings. The summed E-state index contributed by atoms with van der Waals surface area (Å²) in [6.07, 6.45) is 2.91. The standard InChI is InChI=1S/C16H24N6O5S/c1-28(2)4-3-8(16(25)26)18-5-9-11(23)12(24)15(27-9)22-7-21-10-13(17)19-6-20-14(10)22/h6-9,11-12,15,18,23-24H,3-5H2,1-2H3,(H2-,17,19,20,25,26)/t8-,9+,11+,12+,15+/m0/s1. The Morgan fingerprint density at radius 3 is 2.82 bits per heavy atom. The maximum Gasteiger partial charge on any atom is 0.167 e. The SMILES string of the molecule is C[S+](C)CC[C@H](NC[C@H]1O[C@@H](n2cnc3c(N)ncnc32)[C@H](O)[C@@H]1O)C(=O)[O-]. The zero-order valence-electron chi connectivity index (χ0n) is 15.6. The first-order chi connectivity index (χ1) is 13.3. The molecule has 0 amide bonds. The lowest BCUT2D eigenvalue weighted by atomic mass is 10.1. The van der Waals surface area contributed by atoms with Crippen molar-refractivity contribution >= 4 is 33.8 Å². The minimum absolute atomic E-state index is 0.0400. The molecule has 28 heavy (non-hydrogen) atoms. The van der Waals surface area contributed by atoms with Crippen molar-refractivity contribution in [2.75, 3.05) is 30.5 Å². The molecule has 154 valence electrons. The number of aromatic nitrogens is 4. The Morgan fingerprint density at radius 2 is 2.14 bits per heavy atom. The van der Waals surface area contributed by atoms with Crippen LogP contribution < -0.4 is 16.2 Å². The first kappa shape index (κ1) is 20.7. The van der Waals surface area contributed by atoms with Crippen molar-refractivity contribution in [3.05, 3.63) is 12.7 Å². The molecule has 11 nitrogen and oxygen atoms in total. The highest BCUT2D eigenvalue weighted by Crippen LogP contribution is 2.31. The van der Waals surface area contributed by atoms with E-state index in [4.69, 9.17) is 10.5 Å². The van der Waals surface area contributed by atoms with Crippen molar-refractivity contribution in [2.45, 2.75) is 37.0 Å². The summed E-state index contributed by atoms with van der Waals surface area (Å²) in [4.78, 5) is 23.4. The van der Waals surface area contributed by atoms with E-state index in [0.717, 1.165) is 5.75 Å². The van der Waals surface area contributed by atoms with Gasteiger partial charge in [0.05, 0.1) is 30.9 Å². The van der Waals surface area contributed by atoms with Crippen LogP contribution in [-0.4, -0.2) is 84.9 Å². The lowest BCUT2D eigenvalue weighted by Gasteiger charge is -2.22. The molecule has 1 aliphatic heterocycles. The number of hydrogen-bond donors (Lipinski definition) is 4. The van der Waals surface area contributed by atoms with Gasteiger partial charge in [0, 0.05) is 13.0 Å². The Kier molecular flexibility index (Phi) is 6.35. The second kappa shape index (κ2) is 8.57.